The molecule has 0 aromatic carbocycles. The zero-order valence-corrected chi connectivity index (χ0v) is 18.0. The third-order valence-electron chi connectivity index (χ3n) is 5.89. The Morgan fingerprint density at radius 2 is 2.20 bits per heavy atom. The number of carbonyl (C=O) groups is 1. The number of nitrogens with one attached hydrogen (secondary N) is 4. The van der Waals surface area contributed by atoms with Crippen molar-refractivity contribution < 1.29 is 9.90 Å². The number of amides is 1. The number of hydrogen-bond acceptors (Lipinski definition) is 6. The molecule has 2 atom stereocenters. The van der Waals surface area contributed by atoms with Crippen LogP contribution in [0.25, 0.3) is 0 Å². The largest absolute Gasteiger partial charge is 0.378 e. The number of carbonyl (C=O) groups excluding carboxylic acids is 1. The number of aliphatic hydroxyl groups excluding tert-OH is 1. The van der Waals surface area contributed by atoms with Crippen molar-refractivity contribution in [2.24, 2.45) is 10.9 Å². The normalized spacial score (nSPS) is 21.6. The number of allylic oxidation sites excluding steroid dienone is 2. The highest BCUT2D eigenvalue weighted by Crippen LogP contribution is 2.27. The quantitative estimate of drug-likeness (QED) is 0.439. The minimum Gasteiger partial charge on any atom is -0.378 e. The zero-order valence-electron chi connectivity index (χ0n) is 18.0. The van der Waals surface area contributed by atoms with Gasteiger partial charge in [-0.15, -0.1) is 0 Å². The Labute approximate surface area is 177 Å². The molecule has 0 spiro atoms. The fourth-order valence-electron chi connectivity index (χ4n) is 3.88. The minimum atomic E-state index is -0.548. The number of aromatic nitrogens is 1. The van der Waals surface area contributed by atoms with Gasteiger partial charge in [-0.3, -0.25) is 14.8 Å². The highest BCUT2D eigenvalue weighted by molar-refractivity contribution is 6.05. The van der Waals surface area contributed by atoms with Crippen LogP contribution >= 0.6 is 0 Å². The molecule has 1 amide bonds. The number of fused-ring (bicyclic) bond motifs is 1. The molecule has 1 aromatic rings. The van der Waals surface area contributed by atoms with E-state index in [-0.39, 0.29) is 11.8 Å². The summed E-state index contributed by atoms with van der Waals surface area (Å²) in [6.45, 7) is 7.12. The summed E-state index contributed by atoms with van der Waals surface area (Å²) < 4.78 is 1.87. The summed E-state index contributed by atoms with van der Waals surface area (Å²) in [4.78, 5) is 17.2. The van der Waals surface area contributed by atoms with Gasteiger partial charge in [-0.25, -0.2) is 4.99 Å². The van der Waals surface area contributed by atoms with Crippen LogP contribution in [0.1, 0.15) is 61.1 Å². The Morgan fingerprint density at radius 1 is 1.40 bits per heavy atom. The molecule has 162 valence electrons. The Hall–Kier alpha value is -2.58. The van der Waals surface area contributed by atoms with Gasteiger partial charge in [0, 0.05) is 30.4 Å². The molecule has 30 heavy (non-hydrogen) atoms. The van der Waals surface area contributed by atoms with E-state index in [1.54, 1.807) is 0 Å². The molecule has 2 aliphatic carbocycles. The summed E-state index contributed by atoms with van der Waals surface area (Å²) in [6, 6.07) is 0.453. The second-order valence-corrected chi connectivity index (χ2v) is 8.34. The third kappa shape index (κ3) is 4.29. The highest BCUT2D eigenvalue weighted by atomic mass is 16.3. The molecule has 1 fully saturated rings. The lowest BCUT2D eigenvalue weighted by atomic mass is 9.93. The molecule has 0 bridgehead atoms. The second-order valence-electron chi connectivity index (χ2n) is 8.34. The van der Waals surface area contributed by atoms with Crippen LogP contribution in [0.5, 0.6) is 0 Å². The van der Waals surface area contributed by atoms with E-state index >= 15 is 0 Å². The number of hydrogen-bond donors (Lipinski definition) is 5. The molecule has 8 heteroatoms. The Morgan fingerprint density at radius 3 is 2.93 bits per heavy atom. The van der Waals surface area contributed by atoms with Crippen LogP contribution in [-0.4, -0.2) is 47.0 Å². The van der Waals surface area contributed by atoms with Gasteiger partial charge in [0.05, 0.1) is 5.56 Å². The van der Waals surface area contributed by atoms with Gasteiger partial charge in [0.15, 0.2) is 5.84 Å². The summed E-state index contributed by atoms with van der Waals surface area (Å²) in [5.41, 5.74) is 7.66. The van der Waals surface area contributed by atoms with Crippen LogP contribution in [0.4, 0.5) is 0 Å². The topological polar surface area (TPSA) is 103 Å². The fourth-order valence-corrected chi connectivity index (χ4v) is 3.88. The van der Waals surface area contributed by atoms with E-state index in [1.807, 2.05) is 24.7 Å². The highest BCUT2D eigenvalue weighted by Gasteiger charge is 2.29. The van der Waals surface area contributed by atoms with Crippen molar-refractivity contribution >= 4 is 11.7 Å². The minimum absolute atomic E-state index is 0.0161. The number of rotatable bonds is 7. The average Bonchev–Trinajstić information content (AvgIpc) is 3.48. The standard InChI is InChI=1S/C22H32N6O2/c1-4-9-23-22(30)17-11-28-19(14(17)3)20(24-12-25-28)27-18-10-15(6-5-13(18)2)21(29)26-16-7-8-16/h5,10-11,15-16,21,25-26,29H,4,6-9,12H2,1-3H3,(H,23,30)(H,24,27). The van der Waals surface area contributed by atoms with Crippen molar-refractivity contribution in [3.05, 3.63) is 46.4 Å². The smallest absolute Gasteiger partial charge is 0.253 e. The predicted molar refractivity (Wildman–Crippen MR) is 118 cm³/mol. The Bertz CT molecular complexity index is 909. The van der Waals surface area contributed by atoms with Crippen LogP contribution in [0.3, 0.4) is 0 Å². The molecule has 5 N–H and O–H groups in total. The van der Waals surface area contributed by atoms with Gasteiger partial charge in [0.25, 0.3) is 5.91 Å². The van der Waals surface area contributed by atoms with Gasteiger partial charge < -0.3 is 21.2 Å². The first-order valence-corrected chi connectivity index (χ1v) is 10.9. The first-order valence-electron chi connectivity index (χ1n) is 10.9. The summed E-state index contributed by atoms with van der Waals surface area (Å²) in [7, 11) is 0. The van der Waals surface area contributed by atoms with Gasteiger partial charge in [0.1, 0.15) is 18.6 Å². The summed E-state index contributed by atoms with van der Waals surface area (Å²) >= 11 is 0. The molecule has 2 unspecified atom stereocenters. The van der Waals surface area contributed by atoms with Gasteiger partial charge in [-0.1, -0.05) is 19.1 Å². The molecule has 1 aliphatic heterocycles. The van der Waals surface area contributed by atoms with E-state index in [0.717, 1.165) is 54.0 Å². The molecular weight excluding hydrogens is 380 g/mol. The molecule has 1 aromatic heterocycles. The summed E-state index contributed by atoms with van der Waals surface area (Å²) in [6.07, 6.45) is 9.52. The van der Waals surface area contributed by atoms with Crippen LogP contribution < -0.4 is 21.4 Å². The lowest BCUT2D eigenvalue weighted by molar-refractivity contribution is 0.0927. The molecule has 0 radical (unpaired) electrons. The van der Waals surface area contributed by atoms with E-state index in [9.17, 15) is 9.90 Å². The molecule has 1 saturated carbocycles. The van der Waals surface area contributed by atoms with E-state index in [1.165, 1.54) is 0 Å². The third-order valence-corrected chi connectivity index (χ3v) is 5.89. The molecular formula is C22H32N6O2. The molecule has 8 nitrogen and oxygen atoms in total. The van der Waals surface area contributed by atoms with Gasteiger partial charge >= 0.3 is 0 Å². The molecule has 0 saturated heterocycles. The predicted octanol–water partition coefficient (Wildman–Crippen LogP) is 1.71. The SMILES string of the molecule is CCCNC(=O)c1cn2c(c1C)C(NC1=CC(C(O)NC3CC3)CC=C1C)=NCN2. The van der Waals surface area contributed by atoms with Crippen molar-refractivity contribution in [3.8, 4) is 0 Å². The summed E-state index contributed by atoms with van der Waals surface area (Å²) in [5, 5.41) is 20.2. The Kier molecular flexibility index (Phi) is 5.97. The zero-order chi connectivity index (χ0) is 21.3. The Balaban J connectivity index is 1.54. The number of aliphatic imine (C=N–C) groups is 1. The van der Waals surface area contributed by atoms with Crippen LogP contribution in [0.2, 0.25) is 0 Å². The first kappa shape index (κ1) is 20.7. The van der Waals surface area contributed by atoms with E-state index in [0.29, 0.717) is 24.8 Å². The lowest BCUT2D eigenvalue weighted by Crippen LogP contribution is -2.39. The van der Waals surface area contributed by atoms with Crippen molar-refractivity contribution in [1.82, 2.24) is 20.6 Å². The fraction of sp³-hybridized carbons (Fsp3) is 0.545. The van der Waals surface area contributed by atoms with Crippen molar-refractivity contribution in [3.63, 3.8) is 0 Å². The molecule has 4 rings (SSSR count). The number of nitrogens with zero attached hydrogens (tertiary/aromatic N) is 2. The molecule has 2 heterocycles. The number of aliphatic hydroxyl groups is 1. The van der Waals surface area contributed by atoms with E-state index in [2.05, 4.69) is 45.4 Å². The lowest BCUT2D eigenvalue weighted by Gasteiger charge is -2.27. The van der Waals surface area contributed by atoms with Crippen molar-refractivity contribution in [1.29, 1.82) is 0 Å². The van der Waals surface area contributed by atoms with Crippen LogP contribution in [-0.2, 0) is 0 Å². The van der Waals surface area contributed by atoms with Gasteiger partial charge in [-0.2, -0.15) is 0 Å². The average molecular weight is 413 g/mol. The van der Waals surface area contributed by atoms with E-state index < -0.39 is 6.23 Å². The van der Waals surface area contributed by atoms with Crippen LogP contribution in [0.15, 0.2) is 34.6 Å². The first-order chi connectivity index (χ1) is 14.5. The summed E-state index contributed by atoms with van der Waals surface area (Å²) in [5.74, 6) is 0.673. The maximum atomic E-state index is 12.5. The van der Waals surface area contributed by atoms with E-state index in [4.69, 9.17) is 0 Å². The van der Waals surface area contributed by atoms with Crippen LogP contribution in [0, 0.1) is 12.8 Å². The second kappa shape index (κ2) is 8.65. The maximum absolute atomic E-state index is 12.5. The van der Waals surface area contributed by atoms with Crippen molar-refractivity contribution in [2.75, 3.05) is 18.6 Å². The maximum Gasteiger partial charge on any atom is 0.253 e. The molecule has 3 aliphatic rings. The van der Waals surface area contributed by atoms with Gasteiger partial charge in [-0.05, 0) is 50.7 Å². The number of amidine groups is 1. The van der Waals surface area contributed by atoms with Gasteiger partial charge in [0.2, 0.25) is 0 Å². The monoisotopic (exact) mass is 412 g/mol. The van der Waals surface area contributed by atoms with Crippen molar-refractivity contribution in [2.45, 2.75) is 58.7 Å².